The van der Waals surface area contributed by atoms with E-state index >= 15 is 0 Å². The van der Waals surface area contributed by atoms with E-state index in [2.05, 4.69) is 10.3 Å². The first-order chi connectivity index (χ1) is 13.4. The minimum Gasteiger partial charge on any atom is -0.364 e. The molecule has 0 fully saturated rings. The molecule has 1 aromatic heterocycles. The zero-order valence-electron chi connectivity index (χ0n) is 15.7. The van der Waals surface area contributed by atoms with Crippen molar-refractivity contribution in [2.45, 2.75) is 24.8 Å². The summed E-state index contributed by atoms with van der Waals surface area (Å²) in [6.45, 7) is 4.03. The largest absolute Gasteiger partial charge is 0.364 e. The highest BCUT2D eigenvalue weighted by atomic mass is 32.2. The van der Waals surface area contributed by atoms with Crippen LogP contribution in [0.4, 0.5) is 15.9 Å². The van der Waals surface area contributed by atoms with Gasteiger partial charge in [0.2, 0.25) is 0 Å². The highest BCUT2D eigenvalue weighted by Gasteiger charge is 2.23. The number of nitrogens with zero attached hydrogens (tertiary/aromatic N) is 2. The highest BCUT2D eigenvalue weighted by molar-refractivity contribution is 7.92. The summed E-state index contributed by atoms with van der Waals surface area (Å²) in [7, 11) is -3.70. The lowest BCUT2D eigenvalue weighted by Crippen LogP contribution is -2.30. The predicted molar refractivity (Wildman–Crippen MR) is 109 cm³/mol. The molecule has 0 bridgehead atoms. The van der Waals surface area contributed by atoms with Crippen molar-refractivity contribution < 1.29 is 12.8 Å². The highest BCUT2D eigenvalue weighted by Crippen LogP contribution is 2.24. The molecule has 0 aliphatic rings. The van der Waals surface area contributed by atoms with Gasteiger partial charge >= 0.3 is 0 Å². The molecule has 0 saturated heterocycles. The number of benzene rings is 2. The van der Waals surface area contributed by atoms with Gasteiger partial charge in [0.25, 0.3) is 10.0 Å². The fourth-order valence-electron chi connectivity index (χ4n) is 2.89. The van der Waals surface area contributed by atoms with Gasteiger partial charge in [-0.2, -0.15) is 0 Å². The van der Waals surface area contributed by atoms with Crippen molar-refractivity contribution in [3.8, 4) is 0 Å². The summed E-state index contributed by atoms with van der Waals surface area (Å²) in [6, 6.07) is 18.2. The van der Waals surface area contributed by atoms with Gasteiger partial charge in [0, 0.05) is 18.8 Å². The molecule has 2 aromatic carbocycles. The average Bonchev–Trinajstić information content (AvgIpc) is 2.70. The summed E-state index contributed by atoms with van der Waals surface area (Å²) in [4.78, 5) is 4.37. The fraction of sp³-hybridized carbons (Fsp3) is 0.190. The van der Waals surface area contributed by atoms with Crippen LogP contribution in [0.5, 0.6) is 0 Å². The van der Waals surface area contributed by atoms with Crippen LogP contribution in [-0.2, 0) is 10.0 Å². The lowest BCUT2D eigenvalue weighted by molar-refractivity contribution is 0.591. The van der Waals surface area contributed by atoms with E-state index in [0.29, 0.717) is 18.1 Å². The third-order valence-electron chi connectivity index (χ3n) is 4.39. The van der Waals surface area contributed by atoms with Crippen molar-refractivity contribution >= 4 is 21.5 Å². The zero-order valence-corrected chi connectivity index (χ0v) is 16.5. The van der Waals surface area contributed by atoms with E-state index in [9.17, 15) is 12.8 Å². The maximum atomic E-state index is 13.1. The van der Waals surface area contributed by atoms with E-state index in [1.165, 1.54) is 28.7 Å². The summed E-state index contributed by atoms with van der Waals surface area (Å²) < 4.78 is 40.4. The standard InChI is InChI=1S/C21H22FN3O2S/c1-3-25(19-7-5-4-6-8-19)28(26,27)20-13-14-21(23-15-20)24-16(2)17-9-11-18(22)12-10-17/h4-16H,3H2,1-2H3,(H,23,24)/t16-/m1/s1. The Morgan fingerprint density at radius 2 is 1.71 bits per heavy atom. The molecule has 0 unspecified atom stereocenters. The maximum Gasteiger partial charge on any atom is 0.265 e. The van der Waals surface area contributed by atoms with E-state index in [1.54, 1.807) is 49.4 Å². The minimum absolute atomic E-state index is 0.105. The topological polar surface area (TPSA) is 62.3 Å². The number of aromatic nitrogens is 1. The second-order valence-electron chi connectivity index (χ2n) is 6.30. The summed E-state index contributed by atoms with van der Waals surface area (Å²) in [5.74, 6) is 0.251. The zero-order chi connectivity index (χ0) is 20.1. The molecule has 0 aliphatic carbocycles. The van der Waals surface area contributed by atoms with Crippen LogP contribution in [0, 0.1) is 5.82 Å². The van der Waals surface area contributed by atoms with E-state index in [-0.39, 0.29) is 16.8 Å². The summed E-state index contributed by atoms with van der Waals surface area (Å²) in [5, 5.41) is 3.19. The number of rotatable bonds is 7. The second kappa shape index (κ2) is 8.39. The molecule has 1 heterocycles. The molecule has 3 aromatic rings. The van der Waals surface area contributed by atoms with Crippen molar-refractivity contribution in [3.05, 3.63) is 84.3 Å². The third-order valence-corrected chi connectivity index (χ3v) is 6.28. The Bertz CT molecular complexity index is 1010. The SMILES string of the molecule is CCN(c1ccccc1)S(=O)(=O)c1ccc(N[C@H](C)c2ccc(F)cc2)nc1. The van der Waals surface area contributed by atoms with Crippen LogP contribution in [-0.4, -0.2) is 19.9 Å². The van der Waals surface area contributed by atoms with Crippen molar-refractivity contribution in [2.24, 2.45) is 0 Å². The number of hydrogen-bond donors (Lipinski definition) is 1. The Morgan fingerprint density at radius 3 is 2.29 bits per heavy atom. The molecule has 0 amide bonds. The van der Waals surface area contributed by atoms with Crippen molar-refractivity contribution in [1.82, 2.24) is 4.98 Å². The predicted octanol–water partition coefficient (Wildman–Crippen LogP) is 4.61. The van der Waals surface area contributed by atoms with Crippen LogP contribution >= 0.6 is 0 Å². The normalized spacial score (nSPS) is 12.4. The fourth-order valence-corrected chi connectivity index (χ4v) is 4.31. The summed E-state index contributed by atoms with van der Waals surface area (Å²) >= 11 is 0. The molecule has 28 heavy (non-hydrogen) atoms. The second-order valence-corrected chi connectivity index (χ2v) is 8.16. The molecule has 3 rings (SSSR count). The van der Waals surface area contributed by atoms with Gasteiger partial charge < -0.3 is 5.32 Å². The van der Waals surface area contributed by atoms with E-state index in [1.807, 2.05) is 13.0 Å². The van der Waals surface area contributed by atoms with Crippen LogP contribution in [0.15, 0.2) is 77.8 Å². The quantitative estimate of drug-likeness (QED) is 0.630. The third kappa shape index (κ3) is 4.31. The minimum atomic E-state index is -3.70. The number of anilines is 2. The lowest BCUT2D eigenvalue weighted by Gasteiger charge is -2.23. The van der Waals surface area contributed by atoms with Gasteiger partial charge in [0.05, 0.1) is 5.69 Å². The molecule has 0 saturated carbocycles. The molecule has 146 valence electrons. The van der Waals surface area contributed by atoms with Crippen LogP contribution in [0.25, 0.3) is 0 Å². The van der Waals surface area contributed by atoms with Gasteiger partial charge in [-0.15, -0.1) is 0 Å². The van der Waals surface area contributed by atoms with Gasteiger partial charge in [-0.05, 0) is 55.8 Å². The molecule has 0 aliphatic heterocycles. The first kappa shape index (κ1) is 19.8. The number of nitrogens with one attached hydrogen (secondary N) is 1. The Morgan fingerprint density at radius 1 is 1.04 bits per heavy atom. The summed E-state index contributed by atoms with van der Waals surface area (Å²) in [6.07, 6.45) is 1.35. The van der Waals surface area contributed by atoms with Crippen LogP contribution in [0.3, 0.4) is 0 Å². The Kier molecular flexibility index (Phi) is 5.94. The summed E-state index contributed by atoms with van der Waals surface area (Å²) in [5.41, 5.74) is 1.51. The number of para-hydroxylation sites is 1. The van der Waals surface area contributed by atoms with Gasteiger partial charge in [-0.3, -0.25) is 4.31 Å². The number of sulfonamides is 1. The Balaban J connectivity index is 1.78. The lowest BCUT2D eigenvalue weighted by atomic mass is 10.1. The molecule has 7 heteroatoms. The van der Waals surface area contributed by atoms with Crippen molar-refractivity contribution in [3.63, 3.8) is 0 Å². The van der Waals surface area contributed by atoms with E-state index in [0.717, 1.165) is 5.56 Å². The molecule has 1 atom stereocenters. The molecular formula is C21H22FN3O2S. The smallest absolute Gasteiger partial charge is 0.265 e. The van der Waals surface area contributed by atoms with Crippen molar-refractivity contribution in [1.29, 1.82) is 0 Å². The number of halogens is 1. The number of hydrogen-bond acceptors (Lipinski definition) is 4. The van der Waals surface area contributed by atoms with Crippen LogP contribution in [0.1, 0.15) is 25.5 Å². The average molecular weight is 399 g/mol. The molecule has 0 spiro atoms. The molecule has 1 N–H and O–H groups in total. The molecule has 0 radical (unpaired) electrons. The van der Waals surface area contributed by atoms with E-state index < -0.39 is 10.0 Å². The van der Waals surface area contributed by atoms with E-state index in [4.69, 9.17) is 0 Å². The Labute approximate surface area is 164 Å². The Hall–Kier alpha value is -2.93. The maximum absolute atomic E-state index is 13.1. The molecule has 5 nitrogen and oxygen atoms in total. The first-order valence-corrected chi connectivity index (χ1v) is 10.4. The van der Waals surface area contributed by atoms with Gasteiger partial charge in [-0.25, -0.2) is 17.8 Å². The first-order valence-electron chi connectivity index (χ1n) is 8.97. The van der Waals surface area contributed by atoms with Gasteiger partial charge in [0.1, 0.15) is 16.5 Å². The monoisotopic (exact) mass is 399 g/mol. The van der Waals surface area contributed by atoms with Crippen molar-refractivity contribution in [2.75, 3.05) is 16.2 Å². The van der Waals surface area contributed by atoms with Crippen LogP contribution < -0.4 is 9.62 Å². The number of pyridine rings is 1. The van der Waals surface area contributed by atoms with Gasteiger partial charge in [0.15, 0.2) is 0 Å². The van der Waals surface area contributed by atoms with Crippen LogP contribution in [0.2, 0.25) is 0 Å². The van der Waals surface area contributed by atoms with Gasteiger partial charge in [-0.1, -0.05) is 30.3 Å². The molecular weight excluding hydrogens is 377 g/mol.